The van der Waals surface area contributed by atoms with Crippen LogP contribution in [-0.2, 0) is 64.0 Å². The standard InChI is InChI=1S/C45H68N12O14/c1-2-3-4-5-6-7-9-25-19-38(64)51-29(20-35(47)61)41(67)53-28(18-24-11-13-26(59)14-12-24)40(66)54-30(21-36(48)62)42(68)52-27(15-16-34(46)60)39(65)56-32(23-58)43(69)55-31(22-37(49)63)45(71)57-17-8-10-33(57)44(70)50-25/h11-14,25,27-33,58-59H,2-10,15-23H2,1H3,(H2,46,60)(H2,47,61)(H2,48,62)(H2,49,63)(H,50,70)(H,51,64)(H,52,68)(H,53,67)(H,54,66)(H,55,69)(H,56,65)/t25-,27+,28-,29+,30+,31+,32+,33-/m1/s1. The smallest absolute Gasteiger partial charge is 0.246 e. The molecule has 2 heterocycles. The first-order chi connectivity index (χ1) is 33.6. The molecule has 0 radical (unpaired) electrons. The molecule has 0 bridgehead atoms. The van der Waals surface area contributed by atoms with Crippen molar-refractivity contribution in [1.82, 2.24) is 42.1 Å². The van der Waals surface area contributed by atoms with Gasteiger partial charge in [-0.15, -0.1) is 0 Å². The lowest BCUT2D eigenvalue weighted by atomic mass is 10.0. The Morgan fingerprint density at radius 2 is 1.07 bits per heavy atom. The van der Waals surface area contributed by atoms with Crippen LogP contribution in [0.2, 0.25) is 0 Å². The number of phenolic OH excluding ortho intramolecular Hbond substituents is 1. The fourth-order valence-electron chi connectivity index (χ4n) is 8.08. The molecule has 71 heavy (non-hydrogen) atoms. The number of carbonyl (C=O) groups excluding carboxylic acids is 12. The van der Waals surface area contributed by atoms with Crippen LogP contribution >= 0.6 is 0 Å². The Morgan fingerprint density at radius 3 is 1.66 bits per heavy atom. The first-order valence-electron chi connectivity index (χ1n) is 23.6. The molecule has 26 nitrogen and oxygen atoms in total. The van der Waals surface area contributed by atoms with Crippen LogP contribution in [0.3, 0.4) is 0 Å². The van der Waals surface area contributed by atoms with E-state index in [1.54, 1.807) is 0 Å². The van der Waals surface area contributed by atoms with Gasteiger partial charge in [-0.25, -0.2) is 0 Å². The number of nitrogens with zero attached hydrogens (tertiary/aromatic N) is 1. The lowest BCUT2D eigenvalue weighted by Crippen LogP contribution is -2.61. The Bertz CT molecular complexity index is 2110. The van der Waals surface area contributed by atoms with Crippen molar-refractivity contribution in [2.75, 3.05) is 13.2 Å². The minimum atomic E-state index is -1.90. The molecule has 8 atom stereocenters. The van der Waals surface area contributed by atoms with Crippen molar-refractivity contribution in [3.8, 4) is 5.75 Å². The molecule has 392 valence electrons. The summed E-state index contributed by atoms with van der Waals surface area (Å²) < 4.78 is 0. The van der Waals surface area contributed by atoms with Crippen LogP contribution in [0.5, 0.6) is 5.75 Å². The largest absolute Gasteiger partial charge is 0.508 e. The summed E-state index contributed by atoms with van der Waals surface area (Å²) >= 11 is 0. The van der Waals surface area contributed by atoms with E-state index in [4.69, 9.17) is 22.9 Å². The number of fused-ring (bicyclic) bond motifs is 1. The molecule has 17 N–H and O–H groups in total. The van der Waals surface area contributed by atoms with E-state index < -0.39 is 164 Å². The van der Waals surface area contributed by atoms with Crippen LogP contribution in [0.25, 0.3) is 0 Å². The molecule has 0 spiro atoms. The van der Waals surface area contributed by atoms with Gasteiger partial charge < -0.3 is 75.3 Å². The monoisotopic (exact) mass is 1000 g/mol. The van der Waals surface area contributed by atoms with E-state index in [1.807, 2.05) is 0 Å². The zero-order valence-electron chi connectivity index (χ0n) is 39.7. The van der Waals surface area contributed by atoms with E-state index in [0.717, 1.165) is 37.0 Å². The van der Waals surface area contributed by atoms with Gasteiger partial charge in [-0.2, -0.15) is 0 Å². The average Bonchev–Trinajstić information content (AvgIpc) is 3.79. The second-order valence-electron chi connectivity index (χ2n) is 17.7. The van der Waals surface area contributed by atoms with E-state index >= 15 is 0 Å². The summed E-state index contributed by atoms with van der Waals surface area (Å²) in [6, 6.07) is -7.39. The second kappa shape index (κ2) is 29.0. The highest BCUT2D eigenvalue weighted by Gasteiger charge is 2.40. The number of phenols is 1. The molecule has 2 aliphatic rings. The number of nitrogens with two attached hydrogens (primary N) is 4. The number of rotatable bonds is 19. The number of carbonyl (C=O) groups is 12. The van der Waals surface area contributed by atoms with Gasteiger partial charge in [0.15, 0.2) is 0 Å². The molecule has 1 aromatic rings. The number of aliphatic hydroxyl groups is 1. The zero-order valence-corrected chi connectivity index (χ0v) is 39.7. The predicted molar refractivity (Wildman–Crippen MR) is 250 cm³/mol. The summed E-state index contributed by atoms with van der Waals surface area (Å²) in [5, 5.41) is 36.9. The van der Waals surface area contributed by atoms with Crippen molar-refractivity contribution in [2.24, 2.45) is 22.9 Å². The highest BCUT2D eigenvalue weighted by molar-refractivity contribution is 6.00. The fourth-order valence-corrected chi connectivity index (χ4v) is 8.08. The number of hydrogen-bond donors (Lipinski definition) is 13. The first kappa shape index (κ1) is 57.9. The minimum Gasteiger partial charge on any atom is -0.508 e. The third-order valence-corrected chi connectivity index (χ3v) is 11.8. The van der Waals surface area contributed by atoms with Crippen molar-refractivity contribution in [2.45, 2.75) is 158 Å². The fraction of sp³-hybridized carbons (Fsp3) is 0.600. The third-order valence-electron chi connectivity index (χ3n) is 11.8. The average molecular weight is 1000 g/mol. The third kappa shape index (κ3) is 19.9. The predicted octanol–water partition coefficient (Wildman–Crippen LogP) is -4.64. The summed E-state index contributed by atoms with van der Waals surface area (Å²) in [5.74, 6) is -12.7. The van der Waals surface area contributed by atoms with E-state index in [1.165, 1.54) is 24.3 Å². The molecule has 0 saturated carbocycles. The van der Waals surface area contributed by atoms with Crippen molar-refractivity contribution >= 4 is 70.9 Å². The normalized spacial score (nSPS) is 24.6. The molecule has 2 aliphatic heterocycles. The lowest BCUT2D eigenvalue weighted by Gasteiger charge is -2.30. The highest BCUT2D eigenvalue weighted by Crippen LogP contribution is 2.21. The summed E-state index contributed by atoms with van der Waals surface area (Å²) in [5.41, 5.74) is 22.0. The van der Waals surface area contributed by atoms with E-state index in [9.17, 15) is 67.7 Å². The number of hydrogen-bond acceptors (Lipinski definition) is 14. The maximum Gasteiger partial charge on any atom is 0.246 e. The summed E-state index contributed by atoms with van der Waals surface area (Å²) in [6.07, 6.45) is 1.40. The molecule has 2 saturated heterocycles. The SMILES string of the molecule is CCCCCCCC[C@@H]1CC(=O)N[C@@H](CC(N)=O)C(=O)N[C@H](Cc2ccc(O)cc2)C(=O)N[C@@H](CC(N)=O)C(=O)N[C@@H](CCC(N)=O)C(=O)N[C@@H](CO)C(=O)N[C@@H](CC(N)=O)C(=O)N2CCC[C@@H]2C(=O)N1. The number of unbranched alkanes of at least 4 members (excludes halogenated alkanes) is 5. The Kier molecular flexibility index (Phi) is 23.6. The molecule has 1 aromatic carbocycles. The second-order valence-corrected chi connectivity index (χ2v) is 17.7. The molecule has 0 aromatic heterocycles. The van der Waals surface area contributed by atoms with Gasteiger partial charge >= 0.3 is 0 Å². The van der Waals surface area contributed by atoms with Gasteiger partial charge in [0.1, 0.15) is 48.0 Å². The van der Waals surface area contributed by atoms with Gasteiger partial charge in [0.25, 0.3) is 0 Å². The van der Waals surface area contributed by atoms with Gasteiger partial charge in [-0.1, -0.05) is 57.6 Å². The summed E-state index contributed by atoms with van der Waals surface area (Å²) in [6.45, 7) is 0.919. The topological polar surface area (TPSA) is 437 Å². The molecule has 26 heteroatoms. The van der Waals surface area contributed by atoms with Gasteiger partial charge in [-0.05, 0) is 43.4 Å². The van der Waals surface area contributed by atoms with Crippen LogP contribution in [-0.4, -0.2) is 147 Å². The Labute approximate surface area is 409 Å². The van der Waals surface area contributed by atoms with Crippen LogP contribution in [0.1, 0.15) is 109 Å². The van der Waals surface area contributed by atoms with Gasteiger partial charge in [0.2, 0.25) is 70.9 Å². The molecule has 12 amide bonds. The number of aromatic hydroxyl groups is 1. The van der Waals surface area contributed by atoms with Crippen LogP contribution in [0, 0.1) is 0 Å². The molecule has 2 fully saturated rings. The number of aliphatic hydroxyl groups excluding tert-OH is 1. The maximum absolute atomic E-state index is 14.1. The summed E-state index contributed by atoms with van der Waals surface area (Å²) in [4.78, 5) is 161. The number of nitrogens with one attached hydrogen (secondary N) is 7. The van der Waals surface area contributed by atoms with Crippen LogP contribution in [0.15, 0.2) is 24.3 Å². The van der Waals surface area contributed by atoms with Gasteiger partial charge in [0, 0.05) is 31.8 Å². The van der Waals surface area contributed by atoms with Gasteiger partial charge in [-0.3, -0.25) is 57.5 Å². The van der Waals surface area contributed by atoms with Gasteiger partial charge in [0.05, 0.1) is 25.9 Å². The van der Waals surface area contributed by atoms with Crippen molar-refractivity contribution < 1.29 is 67.7 Å². The number of amides is 12. The number of benzene rings is 1. The van der Waals surface area contributed by atoms with E-state index in [0.29, 0.717) is 18.4 Å². The van der Waals surface area contributed by atoms with Crippen LogP contribution < -0.4 is 60.2 Å². The minimum absolute atomic E-state index is 0.0161. The van der Waals surface area contributed by atoms with Crippen molar-refractivity contribution in [3.05, 3.63) is 29.8 Å². The van der Waals surface area contributed by atoms with Crippen molar-refractivity contribution in [3.63, 3.8) is 0 Å². The van der Waals surface area contributed by atoms with E-state index in [-0.39, 0.29) is 31.6 Å². The Balaban J connectivity index is 2.16. The lowest BCUT2D eigenvalue weighted by molar-refractivity contribution is -0.143. The molecular weight excluding hydrogens is 933 g/mol. The van der Waals surface area contributed by atoms with E-state index in [2.05, 4.69) is 44.1 Å². The molecule has 0 aliphatic carbocycles. The molecule has 3 rings (SSSR count). The number of primary amides is 4. The molecular formula is C45H68N12O14. The summed E-state index contributed by atoms with van der Waals surface area (Å²) in [7, 11) is 0. The quantitative estimate of drug-likeness (QED) is 0.0580. The molecule has 0 unspecified atom stereocenters. The zero-order chi connectivity index (χ0) is 52.8. The maximum atomic E-state index is 14.1. The van der Waals surface area contributed by atoms with Crippen LogP contribution in [0.4, 0.5) is 0 Å². The highest BCUT2D eigenvalue weighted by atomic mass is 16.3. The Morgan fingerprint density at radius 1 is 0.577 bits per heavy atom. The first-order valence-corrected chi connectivity index (χ1v) is 23.6. The Hall–Kier alpha value is -7.38. The van der Waals surface area contributed by atoms with Crippen molar-refractivity contribution in [1.29, 1.82) is 0 Å².